The maximum atomic E-state index is 11.4. The average molecular weight is 194 g/mol. The second kappa shape index (κ2) is 3.58. The Hall–Kier alpha value is -1.08. The first-order valence-electron chi connectivity index (χ1n) is 4.93. The van der Waals surface area contributed by atoms with E-state index in [1.807, 2.05) is 6.07 Å². The van der Waals surface area contributed by atoms with E-state index in [4.69, 9.17) is 10.00 Å². The van der Waals surface area contributed by atoms with Gasteiger partial charge >= 0.3 is 0 Å². The molecule has 1 saturated carbocycles. The Morgan fingerprint density at radius 3 is 2.71 bits per heavy atom. The van der Waals surface area contributed by atoms with E-state index in [0.717, 1.165) is 13.1 Å². The third kappa shape index (κ3) is 1.38. The van der Waals surface area contributed by atoms with Gasteiger partial charge in [-0.1, -0.05) is 0 Å². The van der Waals surface area contributed by atoms with Crippen molar-refractivity contribution in [2.75, 3.05) is 20.2 Å². The summed E-state index contributed by atoms with van der Waals surface area (Å²) in [6, 6.07) is 1.90. The summed E-state index contributed by atoms with van der Waals surface area (Å²) in [7, 11) is 1.73. The number of nitriles is 1. The molecule has 4 heteroatoms. The number of nitrogens with zero attached hydrogens (tertiary/aromatic N) is 2. The molecule has 0 N–H and O–H groups in total. The number of hydrogen-bond acceptors (Lipinski definition) is 3. The zero-order valence-corrected chi connectivity index (χ0v) is 8.27. The number of piperidine rings is 2. The predicted molar refractivity (Wildman–Crippen MR) is 49.2 cm³/mol. The van der Waals surface area contributed by atoms with Crippen molar-refractivity contribution in [1.82, 2.24) is 4.90 Å². The Morgan fingerprint density at radius 2 is 2.21 bits per heavy atom. The molecule has 14 heavy (non-hydrogen) atoms. The van der Waals surface area contributed by atoms with Gasteiger partial charge in [0, 0.05) is 32.0 Å². The van der Waals surface area contributed by atoms with E-state index in [-0.39, 0.29) is 12.3 Å². The molecule has 2 aliphatic heterocycles. The van der Waals surface area contributed by atoms with Gasteiger partial charge in [0.15, 0.2) is 0 Å². The fourth-order valence-electron chi connectivity index (χ4n) is 2.61. The number of methoxy groups -OCH3 is 1. The first-order valence-corrected chi connectivity index (χ1v) is 4.93. The van der Waals surface area contributed by atoms with Crippen molar-refractivity contribution >= 4 is 5.91 Å². The highest BCUT2D eigenvalue weighted by Crippen LogP contribution is 2.41. The summed E-state index contributed by atoms with van der Waals surface area (Å²) in [5.74, 6) is 0.972. The molecule has 0 unspecified atom stereocenters. The van der Waals surface area contributed by atoms with E-state index in [1.165, 1.54) is 6.42 Å². The lowest BCUT2D eigenvalue weighted by Crippen LogP contribution is -2.60. The Kier molecular flexibility index (Phi) is 2.42. The van der Waals surface area contributed by atoms with Crippen LogP contribution in [0.1, 0.15) is 12.8 Å². The number of carbonyl (C=O) groups excluding carboxylic acids is 1. The quantitative estimate of drug-likeness (QED) is 0.639. The molecule has 4 nitrogen and oxygen atoms in total. The lowest BCUT2D eigenvalue weighted by molar-refractivity contribution is -0.154. The topological polar surface area (TPSA) is 53.3 Å². The van der Waals surface area contributed by atoms with Crippen LogP contribution in [0.25, 0.3) is 0 Å². The standard InChI is InChI=1S/C10H14N2O2/c1-14-10-7-4-8(10)6-12(5-7)9(13)2-3-11/h7-8,10H,2,4-6H2,1H3/t7-,8-/m0/s1. The van der Waals surface area contributed by atoms with Gasteiger partial charge in [-0.25, -0.2) is 0 Å². The maximum absolute atomic E-state index is 11.4. The Labute approximate surface area is 83.4 Å². The lowest BCUT2D eigenvalue weighted by Gasteiger charge is -2.52. The molecule has 0 aromatic rings. The summed E-state index contributed by atoms with van der Waals surface area (Å²) >= 11 is 0. The van der Waals surface area contributed by atoms with Crippen molar-refractivity contribution in [2.45, 2.75) is 18.9 Å². The first kappa shape index (κ1) is 9.47. The number of amides is 1. The van der Waals surface area contributed by atoms with E-state index in [2.05, 4.69) is 0 Å². The Morgan fingerprint density at radius 1 is 1.57 bits per heavy atom. The van der Waals surface area contributed by atoms with Crippen molar-refractivity contribution in [3.63, 3.8) is 0 Å². The Bertz CT molecular complexity index is 272. The molecule has 2 saturated heterocycles. The maximum Gasteiger partial charge on any atom is 0.236 e. The fraction of sp³-hybridized carbons (Fsp3) is 0.800. The van der Waals surface area contributed by atoms with Crippen molar-refractivity contribution in [1.29, 1.82) is 5.26 Å². The van der Waals surface area contributed by atoms with E-state index in [0.29, 0.717) is 17.9 Å². The van der Waals surface area contributed by atoms with Crippen LogP contribution >= 0.6 is 0 Å². The minimum Gasteiger partial charge on any atom is -0.381 e. The van der Waals surface area contributed by atoms with Crippen molar-refractivity contribution in [3.8, 4) is 6.07 Å². The SMILES string of the molecule is COC1[C@H]2C[C@H]1CN(C(=O)CC#N)C2. The molecule has 2 heterocycles. The van der Waals surface area contributed by atoms with Crippen LogP contribution < -0.4 is 0 Å². The minimum atomic E-state index is -0.0308. The second-order valence-corrected chi connectivity index (χ2v) is 4.09. The van der Waals surface area contributed by atoms with Gasteiger partial charge in [0.2, 0.25) is 5.91 Å². The number of carbonyl (C=O) groups is 1. The number of fused-ring (bicyclic) bond motifs is 2. The van der Waals surface area contributed by atoms with Crippen LogP contribution in [0.3, 0.4) is 0 Å². The van der Waals surface area contributed by atoms with Crippen LogP contribution in [0.2, 0.25) is 0 Å². The molecule has 1 amide bonds. The first-order chi connectivity index (χ1) is 6.76. The summed E-state index contributed by atoms with van der Waals surface area (Å²) in [6.45, 7) is 1.55. The predicted octanol–water partition coefficient (Wildman–Crippen LogP) is 0.393. The number of hydrogen-bond donors (Lipinski definition) is 0. The zero-order chi connectivity index (χ0) is 10.1. The van der Waals surface area contributed by atoms with E-state index in [9.17, 15) is 4.79 Å². The molecule has 1 aliphatic carbocycles. The summed E-state index contributed by atoms with van der Waals surface area (Å²) in [5, 5.41) is 8.42. The molecular formula is C10H14N2O2. The minimum absolute atomic E-state index is 0.0110. The van der Waals surface area contributed by atoms with Crippen molar-refractivity contribution < 1.29 is 9.53 Å². The molecule has 0 aromatic heterocycles. The highest BCUT2D eigenvalue weighted by atomic mass is 16.5. The summed E-state index contributed by atoms with van der Waals surface area (Å²) in [5.41, 5.74) is 0. The smallest absolute Gasteiger partial charge is 0.236 e. The van der Waals surface area contributed by atoms with Crippen LogP contribution in [0.4, 0.5) is 0 Å². The van der Waals surface area contributed by atoms with Crippen LogP contribution in [0.5, 0.6) is 0 Å². The molecule has 2 atom stereocenters. The van der Waals surface area contributed by atoms with Crippen LogP contribution in [0.15, 0.2) is 0 Å². The zero-order valence-electron chi connectivity index (χ0n) is 8.27. The molecule has 0 spiro atoms. The van der Waals surface area contributed by atoms with Gasteiger partial charge in [-0.05, 0) is 6.42 Å². The second-order valence-electron chi connectivity index (χ2n) is 4.09. The third-order valence-corrected chi connectivity index (χ3v) is 3.30. The van der Waals surface area contributed by atoms with Gasteiger partial charge in [0.25, 0.3) is 0 Å². The van der Waals surface area contributed by atoms with Gasteiger partial charge in [0.1, 0.15) is 6.42 Å². The molecule has 76 valence electrons. The van der Waals surface area contributed by atoms with Gasteiger partial charge in [-0.2, -0.15) is 5.26 Å². The number of rotatable bonds is 2. The lowest BCUT2D eigenvalue weighted by atomic mass is 9.68. The monoisotopic (exact) mass is 194 g/mol. The third-order valence-electron chi connectivity index (χ3n) is 3.30. The number of ether oxygens (including phenoxy) is 1. The van der Waals surface area contributed by atoms with Crippen LogP contribution in [-0.4, -0.2) is 37.1 Å². The van der Waals surface area contributed by atoms with E-state index in [1.54, 1.807) is 12.0 Å². The van der Waals surface area contributed by atoms with Gasteiger partial charge in [0.05, 0.1) is 12.2 Å². The highest BCUT2D eigenvalue weighted by Gasteiger charge is 2.47. The van der Waals surface area contributed by atoms with Gasteiger partial charge < -0.3 is 9.64 Å². The van der Waals surface area contributed by atoms with Gasteiger partial charge in [-0.15, -0.1) is 0 Å². The normalized spacial score (nSPS) is 34.6. The molecule has 2 bridgehead atoms. The summed E-state index contributed by atoms with van der Waals surface area (Å²) in [4.78, 5) is 13.2. The van der Waals surface area contributed by atoms with Crippen LogP contribution in [0, 0.1) is 23.2 Å². The van der Waals surface area contributed by atoms with E-state index >= 15 is 0 Å². The average Bonchev–Trinajstić information content (AvgIpc) is 2.19. The molecular weight excluding hydrogens is 180 g/mol. The van der Waals surface area contributed by atoms with Crippen molar-refractivity contribution in [2.24, 2.45) is 11.8 Å². The fourth-order valence-corrected chi connectivity index (χ4v) is 2.61. The Balaban J connectivity index is 1.91. The van der Waals surface area contributed by atoms with E-state index < -0.39 is 0 Å². The van der Waals surface area contributed by atoms with Crippen LogP contribution in [-0.2, 0) is 9.53 Å². The molecule has 0 aromatic carbocycles. The van der Waals surface area contributed by atoms with Gasteiger partial charge in [-0.3, -0.25) is 4.79 Å². The summed E-state index contributed by atoms with van der Waals surface area (Å²) in [6.07, 6.45) is 1.53. The molecule has 0 radical (unpaired) electrons. The summed E-state index contributed by atoms with van der Waals surface area (Å²) < 4.78 is 5.34. The molecule has 3 rings (SSSR count). The molecule has 3 aliphatic rings. The largest absolute Gasteiger partial charge is 0.381 e. The molecule has 3 fully saturated rings. The highest BCUT2D eigenvalue weighted by molar-refractivity contribution is 5.78. The van der Waals surface area contributed by atoms with Crippen molar-refractivity contribution in [3.05, 3.63) is 0 Å².